The number of methoxy groups -OCH3 is 1. The fourth-order valence-electron chi connectivity index (χ4n) is 1.74. The highest BCUT2D eigenvalue weighted by Gasteiger charge is 2.10. The number of nitrogens with one attached hydrogen (secondary N) is 1. The molecule has 2 N–H and O–H groups in total. The molecule has 0 aliphatic carbocycles. The van der Waals surface area contributed by atoms with Crippen molar-refractivity contribution in [2.75, 3.05) is 12.4 Å². The Morgan fingerprint density at radius 1 is 1.16 bits per heavy atom. The van der Waals surface area contributed by atoms with E-state index in [1.165, 1.54) is 19.2 Å². The van der Waals surface area contributed by atoms with E-state index < -0.39 is 5.97 Å². The molecular weight excluding hydrogens is 242 g/mol. The van der Waals surface area contributed by atoms with E-state index in [4.69, 9.17) is 0 Å². The van der Waals surface area contributed by atoms with Crippen molar-refractivity contribution in [3.8, 4) is 5.75 Å². The van der Waals surface area contributed by atoms with E-state index in [0.717, 1.165) is 11.3 Å². The van der Waals surface area contributed by atoms with E-state index in [0.29, 0.717) is 11.3 Å². The number of carbonyl (C=O) groups is 1. The zero-order chi connectivity index (χ0) is 13.8. The van der Waals surface area contributed by atoms with Gasteiger partial charge in [-0.1, -0.05) is 18.2 Å². The summed E-state index contributed by atoms with van der Waals surface area (Å²) in [6.45, 7) is 1.96. The second-order valence-corrected chi connectivity index (χ2v) is 4.16. The van der Waals surface area contributed by atoms with E-state index in [9.17, 15) is 9.90 Å². The Kier molecular flexibility index (Phi) is 3.71. The molecular formula is C15H15NO3. The molecule has 4 heteroatoms. The number of carbonyl (C=O) groups excluding carboxylic acids is 1. The van der Waals surface area contributed by atoms with Gasteiger partial charge in [0.15, 0.2) is 0 Å². The summed E-state index contributed by atoms with van der Waals surface area (Å²) in [6, 6.07) is 12.2. The van der Waals surface area contributed by atoms with Crippen molar-refractivity contribution in [1.29, 1.82) is 0 Å². The van der Waals surface area contributed by atoms with Crippen LogP contribution in [0.15, 0.2) is 42.5 Å². The first kappa shape index (κ1) is 13.0. The molecule has 0 saturated carbocycles. The maximum atomic E-state index is 11.5. The molecule has 0 saturated heterocycles. The number of ether oxygens (including phenoxy) is 1. The van der Waals surface area contributed by atoms with Crippen LogP contribution >= 0.6 is 0 Å². The zero-order valence-corrected chi connectivity index (χ0v) is 10.8. The predicted octanol–water partition coefficient (Wildman–Crippen LogP) is 3.23. The molecule has 0 amide bonds. The van der Waals surface area contributed by atoms with Crippen molar-refractivity contribution in [3.05, 3.63) is 53.6 Å². The molecule has 2 rings (SSSR count). The molecule has 0 aliphatic heterocycles. The van der Waals surface area contributed by atoms with Gasteiger partial charge in [0.05, 0.1) is 18.4 Å². The van der Waals surface area contributed by atoms with Gasteiger partial charge in [0.25, 0.3) is 0 Å². The number of benzene rings is 2. The van der Waals surface area contributed by atoms with Crippen molar-refractivity contribution < 1.29 is 14.6 Å². The third kappa shape index (κ3) is 2.85. The van der Waals surface area contributed by atoms with Crippen LogP contribution in [-0.2, 0) is 4.74 Å². The Morgan fingerprint density at radius 3 is 2.58 bits per heavy atom. The third-order valence-corrected chi connectivity index (χ3v) is 2.83. The van der Waals surface area contributed by atoms with Gasteiger partial charge in [0.1, 0.15) is 5.75 Å². The van der Waals surface area contributed by atoms with E-state index >= 15 is 0 Å². The van der Waals surface area contributed by atoms with E-state index in [-0.39, 0.29) is 5.75 Å². The molecule has 98 valence electrons. The van der Waals surface area contributed by atoms with Crippen molar-refractivity contribution >= 4 is 17.3 Å². The van der Waals surface area contributed by atoms with Gasteiger partial charge in [-0.15, -0.1) is 0 Å². The largest absolute Gasteiger partial charge is 0.506 e. The minimum Gasteiger partial charge on any atom is -0.506 e. The number of aryl methyl sites for hydroxylation is 1. The Balaban J connectivity index is 2.34. The van der Waals surface area contributed by atoms with Crippen LogP contribution in [-0.4, -0.2) is 18.2 Å². The van der Waals surface area contributed by atoms with Gasteiger partial charge in [-0.05, 0) is 36.8 Å². The molecule has 4 nitrogen and oxygen atoms in total. The predicted molar refractivity (Wildman–Crippen MR) is 73.9 cm³/mol. The Morgan fingerprint density at radius 2 is 1.89 bits per heavy atom. The molecule has 2 aromatic carbocycles. The van der Waals surface area contributed by atoms with E-state index in [1.807, 2.05) is 31.2 Å². The molecule has 0 unspecified atom stereocenters. The highest BCUT2D eigenvalue weighted by atomic mass is 16.5. The highest BCUT2D eigenvalue weighted by molar-refractivity contribution is 5.91. The van der Waals surface area contributed by atoms with Crippen LogP contribution in [0.4, 0.5) is 11.4 Å². The van der Waals surface area contributed by atoms with Crippen LogP contribution in [0, 0.1) is 6.92 Å². The van der Waals surface area contributed by atoms with Gasteiger partial charge in [-0.25, -0.2) is 4.79 Å². The van der Waals surface area contributed by atoms with Crippen molar-refractivity contribution in [2.24, 2.45) is 0 Å². The van der Waals surface area contributed by atoms with Gasteiger partial charge in [0, 0.05) is 5.69 Å². The standard InChI is InChI=1S/C15H15NO3/c1-10-5-3-4-6-12(10)16-13-9-11(15(18)19-2)7-8-14(13)17/h3-9,16-17H,1-2H3. The molecule has 0 spiro atoms. The molecule has 0 heterocycles. The number of phenolic OH excluding ortho intramolecular Hbond substituents is 1. The Labute approximate surface area is 111 Å². The minimum absolute atomic E-state index is 0.0795. The van der Waals surface area contributed by atoms with Crippen LogP contribution in [0.1, 0.15) is 15.9 Å². The van der Waals surface area contributed by atoms with Crippen molar-refractivity contribution in [2.45, 2.75) is 6.92 Å². The van der Waals surface area contributed by atoms with Gasteiger partial charge in [-0.2, -0.15) is 0 Å². The van der Waals surface area contributed by atoms with Crippen molar-refractivity contribution in [3.63, 3.8) is 0 Å². The number of esters is 1. The normalized spacial score (nSPS) is 10.0. The number of aromatic hydroxyl groups is 1. The summed E-state index contributed by atoms with van der Waals surface area (Å²) in [6.07, 6.45) is 0. The first-order chi connectivity index (χ1) is 9.11. The lowest BCUT2D eigenvalue weighted by Crippen LogP contribution is -2.02. The van der Waals surface area contributed by atoms with Crippen LogP contribution < -0.4 is 5.32 Å². The molecule has 0 radical (unpaired) electrons. The topological polar surface area (TPSA) is 58.6 Å². The zero-order valence-electron chi connectivity index (χ0n) is 10.8. The molecule has 0 aromatic heterocycles. The molecule has 0 atom stereocenters. The highest BCUT2D eigenvalue weighted by Crippen LogP contribution is 2.29. The van der Waals surface area contributed by atoms with Crippen LogP contribution in [0.3, 0.4) is 0 Å². The fraction of sp³-hybridized carbons (Fsp3) is 0.133. The summed E-state index contributed by atoms with van der Waals surface area (Å²) in [5, 5.41) is 12.9. The summed E-state index contributed by atoms with van der Waals surface area (Å²) in [5.74, 6) is -0.358. The Bertz CT molecular complexity index is 608. The molecule has 19 heavy (non-hydrogen) atoms. The van der Waals surface area contributed by atoms with Crippen molar-refractivity contribution in [1.82, 2.24) is 0 Å². The fourth-order valence-corrected chi connectivity index (χ4v) is 1.74. The summed E-state index contributed by atoms with van der Waals surface area (Å²) in [7, 11) is 1.32. The summed E-state index contributed by atoms with van der Waals surface area (Å²) >= 11 is 0. The summed E-state index contributed by atoms with van der Waals surface area (Å²) in [5.41, 5.74) is 2.78. The Hall–Kier alpha value is -2.49. The first-order valence-corrected chi connectivity index (χ1v) is 5.86. The lowest BCUT2D eigenvalue weighted by Gasteiger charge is -2.11. The van der Waals surface area contributed by atoms with E-state index in [1.54, 1.807) is 6.07 Å². The molecule has 0 bridgehead atoms. The van der Waals surface area contributed by atoms with Gasteiger partial charge in [-0.3, -0.25) is 0 Å². The molecule has 0 fully saturated rings. The summed E-state index contributed by atoms with van der Waals surface area (Å²) in [4.78, 5) is 11.5. The second kappa shape index (κ2) is 5.44. The van der Waals surface area contributed by atoms with Crippen LogP contribution in [0.25, 0.3) is 0 Å². The smallest absolute Gasteiger partial charge is 0.337 e. The van der Waals surface area contributed by atoms with E-state index in [2.05, 4.69) is 10.1 Å². The summed E-state index contributed by atoms with van der Waals surface area (Å²) < 4.78 is 4.66. The monoisotopic (exact) mass is 257 g/mol. The lowest BCUT2D eigenvalue weighted by molar-refractivity contribution is 0.0601. The number of rotatable bonds is 3. The quantitative estimate of drug-likeness (QED) is 0.654. The number of para-hydroxylation sites is 1. The van der Waals surface area contributed by atoms with Crippen LogP contribution in [0.2, 0.25) is 0 Å². The third-order valence-electron chi connectivity index (χ3n) is 2.83. The number of hydrogen-bond donors (Lipinski definition) is 2. The first-order valence-electron chi connectivity index (χ1n) is 5.86. The number of phenols is 1. The van der Waals surface area contributed by atoms with Gasteiger partial charge >= 0.3 is 5.97 Å². The maximum absolute atomic E-state index is 11.5. The molecule has 2 aromatic rings. The maximum Gasteiger partial charge on any atom is 0.337 e. The van der Waals surface area contributed by atoms with Gasteiger partial charge in [0.2, 0.25) is 0 Å². The second-order valence-electron chi connectivity index (χ2n) is 4.16. The average molecular weight is 257 g/mol. The lowest BCUT2D eigenvalue weighted by atomic mass is 10.1. The average Bonchev–Trinajstić information content (AvgIpc) is 2.42. The molecule has 0 aliphatic rings. The number of anilines is 2. The van der Waals surface area contributed by atoms with Crippen LogP contribution in [0.5, 0.6) is 5.75 Å². The van der Waals surface area contributed by atoms with Gasteiger partial charge < -0.3 is 15.2 Å². The SMILES string of the molecule is COC(=O)c1ccc(O)c(Nc2ccccc2C)c1. The minimum atomic E-state index is -0.437. The number of hydrogen-bond acceptors (Lipinski definition) is 4.